The van der Waals surface area contributed by atoms with Crippen molar-refractivity contribution in [2.75, 3.05) is 31.5 Å². The lowest BCUT2D eigenvalue weighted by Gasteiger charge is -2.30. The fourth-order valence-corrected chi connectivity index (χ4v) is 7.94. The van der Waals surface area contributed by atoms with Gasteiger partial charge in [0.15, 0.2) is 17.2 Å². The number of aromatic nitrogens is 4. The molecule has 1 atom stereocenters. The van der Waals surface area contributed by atoms with Crippen LogP contribution in [0.4, 0.5) is 29.1 Å². The Labute approximate surface area is 330 Å². The molecule has 2 aliphatic rings. The molecule has 0 aliphatic carbocycles. The van der Waals surface area contributed by atoms with Crippen LogP contribution in [0.3, 0.4) is 0 Å². The first kappa shape index (κ1) is 39.1. The summed E-state index contributed by atoms with van der Waals surface area (Å²) in [6.07, 6.45) is -0.0225. The van der Waals surface area contributed by atoms with E-state index >= 15 is 0 Å². The molecule has 3 aromatic carbocycles. The van der Waals surface area contributed by atoms with Crippen molar-refractivity contribution in [3.63, 3.8) is 0 Å². The lowest BCUT2D eigenvalue weighted by molar-refractivity contribution is -0.143. The number of likely N-dealkylation sites (tertiary alicyclic amines) is 2. The predicted octanol–water partition coefficient (Wildman–Crippen LogP) is 8.26. The van der Waals surface area contributed by atoms with Gasteiger partial charge in [0.05, 0.1) is 17.5 Å². The van der Waals surface area contributed by atoms with Crippen LogP contribution in [0.25, 0.3) is 44.7 Å². The van der Waals surface area contributed by atoms with Gasteiger partial charge in [-0.05, 0) is 98.3 Å². The van der Waals surface area contributed by atoms with Gasteiger partial charge in [0.2, 0.25) is 5.89 Å². The summed E-state index contributed by atoms with van der Waals surface area (Å²) in [4.78, 5) is 33.2. The summed E-state index contributed by atoms with van der Waals surface area (Å²) in [5.74, 6) is -1.50. The van der Waals surface area contributed by atoms with Crippen LogP contribution in [0.2, 0.25) is 0 Å². The molecule has 302 valence electrons. The average Bonchev–Trinajstić information content (AvgIpc) is 3.80. The highest BCUT2D eigenvalue weighted by Gasteiger charge is 2.27. The van der Waals surface area contributed by atoms with Gasteiger partial charge in [0, 0.05) is 55.3 Å². The number of pyridine rings is 1. The largest absolute Gasteiger partial charge is 0.481 e. The number of carboxylic acid groups (broad SMARTS) is 1. The number of hydrogen-bond acceptors (Lipinski definition) is 11. The van der Waals surface area contributed by atoms with Gasteiger partial charge >= 0.3 is 12.6 Å². The van der Waals surface area contributed by atoms with E-state index in [0.717, 1.165) is 34.4 Å². The maximum absolute atomic E-state index is 14.1. The van der Waals surface area contributed by atoms with Gasteiger partial charge < -0.3 is 24.7 Å². The Morgan fingerprint density at radius 2 is 1.62 bits per heavy atom. The number of halogens is 4. The zero-order valence-corrected chi connectivity index (χ0v) is 31.8. The first-order chi connectivity index (χ1) is 27.9. The van der Waals surface area contributed by atoms with E-state index in [1.54, 1.807) is 18.3 Å². The van der Waals surface area contributed by atoms with Crippen molar-refractivity contribution in [1.82, 2.24) is 29.7 Å². The SMILES string of the molecule is Cc1c(Nc2nc(C(F)F)nc3cc(CN4CC[C@H](O)C4)cnc23)cccc1-c1cccc(-c2nc3cc(CN4CCC(C(=O)O)CC4)c(OC(F)F)cc3o2)c1C. The number of benzene rings is 3. The van der Waals surface area contributed by atoms with Crippen molar-refractivity contribution in [3.05, 3.63) is 88.9 Å². The minimum Gasteiger partial charge on any atom is -0.481 e. The number of rotatable bonds is 12. The molecule has 0 amide bonds. The summed E-state index contributed by atoms with van der Waals surface area (Å²) < 4.78 is 66.3. The van der Waals surface area contributed by atoms with E-state index in [9.17, 15) is 32.6 Å². The van der Waals surface area contributed by atoms with Gasteiger partial charge in [-0.1, -0.05) is 24.3 Å². The van der Waals surface area contributed by atoms with Crippen LogP contribution in [0.5, 0.6) is 5.75 Å². The van der Waals surface area contributed by atoms with Crippen molar-refractivity contribution in [3.8, 4) is 28.3 Å². The second-order valence-electron chi connectivity index (χ2n) is 14.9. The predicted molar refractivity (Wildman–Crippen MR) is 208 cm³/mol. The number of carbonyl (C=O) groups is 1. The van der Waals surface area contributed by atoms with E-state index in [1.165, 1.54) is 6.07 Å². The lowest BCUT2D eigenvalue weighted by Crippen LogP contribution is -2.35. The van der Waals surface area contributed by atoms with Gasteiger partial charge in [0.1, 0.15) is 16.8 Å². The summed E-state index contributed by atoms with van der Waals surface area (Å²) in [6.45, 7) is 3.83. The molecular weight excluding hydrogens is 758 g/mol. The fourth-order valence-electron chi connectivity index (χ4n) is 7.94. The quantitative estimate of drug-likeness (QED) is 0.102. The van der Waals surface area contributed by atoms with Gasteiger partial charge in [-0.25, -0.2) is 23.7 Å². The normalized spacial score (nSPS) is 16.9. The van der Waals surface area contributed by atoms with Crippen molar-refractivity contribution in [2.24, 2.45) is 5.92 Å². The van der Waals surface area contributed by atoms with Crippen LogP contribution in [-0.2, 0) is 17.9 Å². The Morgan fingerprint density at radius 3 is 2.33 bits per heavy atom. The van der Waals surface area contributed by atoms with Crippen molar-refractivity contribution in [1.29, 1.82) is 0 Å². The van der Waals surface area contributed by atoms with Crippen LogP contribution in [0.15, 0.2) is 65.2 Å². The van der Waals surface area contributed by atoms with Gasteiger partial charge in [0.25, 0.3) is 6.43 Å². The lowest BCUT2D eigenvalue weighted by atomic mass is 9.93. The number of piperidine rings is 1. The molecule has 2 saturated heterocycles. The van der Waals surface area contributed by atoms with E-state index in [4.69, 9.17) is 14.1 Å². The molecule has 2 fully saturated rings. The molecule has 16 heteroatoms. The van der Waals surface area contributed by atoms with Crippen LogP contribution in [0.1, 0.15) is 53.8 Å². The molecule has 6 aromatic rings. The molecular formula is C42H41F4N7O5. The Bertz CT molecular complexity index is 2490. The third-order valence-electron chi connectivity index (χ3n) is 11.0. The molecule has 5 heterocycles. The Balaban J connectivity index is 1.09. The third-order valence-corrected chi connectivity index (χ3v) is 11.0. The minimum atomic E-state index is -3.06. The van der Waals surface area contributed by atoms with Crippen molar-refractivity contribution < 1.29 is 41.7 Å². The van der Waals surface area contributed by atoms with Gasteiger partial charge in [-0.15, -0.1) is 0 Å². The smallest absolute Gasteiger partial charge is 0.387 e. The number of ether oxygens (including phenoxy) is 1. The maximum Gasteiger partial charge on any atom is 0.387 e. The van der Waals surface area contributed by atoms with E-state index in [0.29, 0.717) is 73.3 Å². The standard InChI is InChI=1S/C42H41F4N7O5/c1-22-28(5-3-7-30(22)40-50-32-16-26(34(58-42(45)46)17-35(32)57-40)20-52-12-9-25(10-13-52)41(55)56)29-6-4-8-31(23(29)2)48-38-36-33(49-39(51-38)37(43)44)15-24(18-47-36)19-53-14-11-27(54)21-53/h3-8,15-18,25,27,37,42,54H,9-14,19-21H2,1-2H3,(H,55,56)(H,48,49,51)/t27-/m0/s1. The van der Waals surface area contributed by atoms with Crippen LogP contribution in [-0.4, -0.2) is 84.8 Å². The highest BCUT2D eigenvalue weighted by molar-refractivity contribution is 5.89. The summed E-state index contributed by atoms with van der Waals surface area (Å²) in [7, 11) is 0. The Morgan fingerprint density at radius 1 is 0.897 bits per heavy atom. The van der Waals surface area contributed by atoms with Gasteiger partial charge in [-0.3, -0.25) is 19.6 Å². The number of aliphatic hydroxyl groups is 1. The number of alkyl halides is 4. The van der Waals surface area contributed by atoms with E-state index < -0.39 is 36.9 Å². The highest BCUT2D eigenvalue weighted by Crippen LogP contribution is 2.39. The molecule has 3 aromatic heterocycles. The summed E-state index contributed by atoms with van der Waals surface area (Å²) >= 11 is 0. The number of nitrogens with zero attached hydrogens (tertiary/aromatic N) is 6. The molecule has 3 N–H and O–H groups in total. The second-order valence-corrected chi connectivity index (χ2v) is 14.9. The number of fused-ring (bicyclic) bond motifs is 2. The summed E-state index contributed by atoms with van der Waals surface area (Å²) in [5, 5.41) is 22.6. The molecule has 0 saturated carbocycles. The van der Waals surface area contributed by atoms with E-state index in [-0.39, 0.29) is 35.1 Å². The summed E-state index contributed by atoms with van der Waals surface area (Å²) in [5.41, 5.74) is 7.23. The zero-order chi connectivity index (χ0) is 40.7. The number of hydrogen-bond donors (Lipinski definition) is 3. The number of oxazole rings is 1. The molecule has 0 spiro atoms. The molecule has 58 heavy (non-hydrogen) atoms. The van der Waals surface area contributed by atoms with E-state index in [2.05, 4.69) is 25.2 Å². The van der Waals surface area contributed by atoms with Crippen LogP contribution >= 0.6 is 0 Å². The molecule has 0 unspecified atom stereocenters. The maximum atomic E-state index is 14.1. The second kappa shape index (κ2) is 16.3. The highest BCUT2D eigenvalue weighted by atomic mass is 19.3. The fraction of sp³-hybridized carbons (Fsp3) is 0.357. The number of nitrogens with one attached hydrogen (secondary N) is 1. The average molecular weight is 800 g/mol. The molecule has 12 nitrogen and oxygen atoms in total. The van der Waals surface area contributed by atoms with Crippen LogP contribution in [0, 0.1) is 19.8 Å². The van der Waals surface area contributed by atoms with Gasteiger partial charge in [-0.2, -0.15) is 8.78 Å². The molecule has 0 bridgehead atoms. The van der Waals surface area contributed by atoms with Crippen LogP contribution < -0.4 is 10.1 Å². The topological polar surface area (TPSA) is 150 Å². The summed E-state index contributed by atoms with van der Waals surface area (Å²) in [6, 6.07) is 16.1. The number of anilines is 2. The number of β-amino-alcohol motifs (C(OH)–C–C–N with tert-alkyl or cyclic N) is 1. The first-order valence-electron chi connectivity index (χ1n) is 19.1. The van der Waals surface area contributed by atoms with Crippen molar-refractivity contribution >= 4 is 39.6 Å². The molecule has 8 rings (SSSR count). The molecule has 2 aliphatic heterocycles. The zero-order valence-electron chi connectivity index (χ0n) is 31.8. The first-order valence-corrected chi connectivity index (χ1v) is 19.1. The Hall–Kier alpha value is -5.71. The van der Waals surface area contributed by atoms with E-state index in [1.807, 2.05) is 55.1 Å². The monoisotopic (exact) mass is 799 g/mol. The molecule has 0 radical (unpaired) electrons. The van der Waals surface area contributed by atoms with Crippen molar-refractivity contribution in [2.45, 2.75) is 65.3 Å². The number of aliphatic hydroxyl groups excluding tert-OH is 1. The third kappa shape index (κ3) is 8.17. The number of carboxylic acids is 1. The minimum absolute atomic E-state index is 0.0356. The Kier molecular flexibility index (Phi) is 11.0. The number of aliphatic carboxylic acids is 1.